The van der Waals surface area contributed by atoms with Crippen LogP contribution in [0.5, 0.6) is 0 Å². The van der Waals surface area contributed by atoms with Crippen molar-refractivity contribution in [2.45, 2.75) is 83.1 Å². The molecule has 0 aromatic carbocycles. The normalized spacial score (nSPS) is 16.0. The van der Waals surface area contributed by atoms with E-state index in [0.717, 1.165) is 43.3 Å². The van der Waals surface area contributed by atoms with Crippen molar-refractivity contribution in [3.8, 4) is 0 Å². The number of halogens is 2. The van der Waals surface area contributed by atoms with Crippen LogP contribution in [0.1, 0.15) is 88.8 Å². The van der Waals surface area contributed by atoms with E-state index in [4.69, 9.17) is 5.73 Å². The number of H-pyrrole nitrogens is 1. The fourth-order valence-electron chi connectivity index (χ4n) is 4.47. The number of amides is 1. The molecule has 2 aromatic rings. The van der Waals surface area contributed by atoms with Gasteiger partial charge in [-0.3, -0.25) is 9.69 Å². The number of unbranched alkanes of at least 4 members (excludes halogenated alkanes) is 8. The SMILES string of the molecule is CN1CCC[C@H]1c1cc2cnc(NC(=O)CCCCCCCCCCCN)cc2[nH]1.Cl.Cl. The first-order valence-corrected chi connectivity index (χ1v) is 11.9. The molecule has 0 bridgehead atoms. The molecule has 0 spiro atoms. The molecule has 182 valence electrons. The van der Waals surface area contributed by atoms with E-state index in [2.05, 4.69) is 33.3 Å². The summed E-state index contributed by atoms with van der Waals surface area (Å²) >= 11 is 0. The highest BCUT2D eigenvalue weighted by molar-refractivity contribution is 5.92. The molecule has 1 saturated heterocycles. The van der Waals surface area contributed by atoms with Gasteiger partial charge in [-0.2, -0.15) is 0 Å². The lowest BCUT2D eigenvalue weighted by molar-refractivity contribution is -0.116. The molecule has 1 aliphatic rings. The van der Waals surface area contributed by atoms with Gasteiger partial charge in [-0.1, -0.05) is 44.9 Å². The van der Waals surface area contributed by atoms with Crippen LogP contribution in [0.3, 0.4) is 0 Å². The summed E-state index contributed by atoms with van der Waals surface area (Å²) in [7, 11) is 2.18. The number of carbonyl (C=O) groups is 1. The quantitative estimate of drug-likeness (QED) is 0.305. The zero-order valence-electron chi connectivity index (χ0n) is 19.4. The second-order valence-corrected chi connectivity index (χ2v) is 8.79. The van der Waals surface area contributed by atoms with Gasteiger partial charge in [-0.25, -0.2) is 4.98 Å². The largest absolute Gasteiger partial charge is 0.357 e. The van der Waals surface area contributed by atoms with Crippen LogP contribution in [0.4, 0.5) is 5.82 Å². The van der Waals surface area contributed by atoms with E-state index in [0.29, 0.717) is 18.3 Å². The minimum atomic E-state index is 0. The molecule has 2 aromatic heterocycles. The molecule has 0 unspecified atom stereocenters. The second-order valence-electron chi connectivity index (χ2n) is 8.79. The minimum Gasteiger partial charge on any atom is -0.357 e. The van der Waals surface area contributed by atoms with Crippen LogP contribution in [0.25, 0.3) is 10.9 Å². The lowest BCUT2D eigenvalue weighted by Gasteiger charge is -2.17. The van der Waals surface area contributed by atoms with Crippen molar-refractivity contribution in [2.24, 2.45) is 5.73 Å². The summed E-state index contributed by atoms with van der Waals surface area (Å²) in [6.45, 7) is 1.96. The topological polar surface area (TPSA) is 87.0 Å². The van der Waals surface area contributed by atoms with Gasteiger partial charge in [0.15, 0.2) is 0 Å². The number of nitrogens with zero attached hydrogens (tertiary/aromatic N) is 2. The molecule has 6 nitrogen and oxygen atoms in total. The van der Waals surface area contributed by atoms with Gasteiger partial charge >= 0.3 is 0 Å². The van der Waals surface area contributed by atoms with E-state index in [9.17, 15) is 4.79 Å². The first-order chi connectivity index (χ1) is 14.7. The van der Waals surface area contributed by atoms with Gasteiger partial charge in [0.1, 0.15) is 5.82 Å². The highest BCUT2D eigenvalue weighted by Crippen LogP contribution is 2.32. The number of rotatable bonds is 13. The van der Waals surface area contributed by atoms with Crippen molar-refractivity contribution in [1.82, 2.24) is 14.9 Å². The summed E-state index contributed by atoms with van der Waals surface area (Å²) in [6.07, 6.45) is 15.7. The van der Waals surface area contributed by atoms with Crippen molar-refractivity contribution in [3.05, 3.63) is 24.0 Å². The van der Waals surface area contributed by atoms with Crippen LogP contribution in [0.15, 0.2) is 18.3 Å². The van der Waals surface area contributed by atoms with E-state index < -0.39 is 0 Å². The molecule has 1 fully saturated rings. The third-order valence-electron chi connectivity index (χ3n) is 6.28. The Labute approximate surface area is 205 Å². The first-order valence-electron chi connectivity index (χ1n) is 11.9. The van der Waals surface area contributed by atoms with Crippen LogP contribution < -0.4 is 11.1 Å². The molecule has 1 atom stereocenters. The van der Waals surface area contributed by atoms with Crippen LogP contribution >= 0.6 is 24.8 Å². The zero-order chi connectivity index (χ0) is 21.2. The summed E-state index contributed by atoms with van der Waals surface area (Å²) in [4.78, 5) is 22.6. The number of fused-ring (bicyclic) bond motifs is 1. The van der Waals surface area contributed by atoms with Gasteiger partial charge in [0.25, 0.3) is 0 Å². The van der Waals surface area contributed by atoms with Crippen molar-refractivity contribution in [1.29, 1.82) is 0 Å². The molecule has 4 N–H and O–H groups in total. The third kappa shape index (κ3) is 8.89. The number of anilines is 1. The number of hydrogen-bond acceptors (Lipinski definition) is 4. The monoisotopic (exact) mass is 485 g/mol. The van der Waals surface area contributed by atoms with Crippen LogP contribution in [0, 0.1) is 0 Å². The Morgan fingerprint density at radius 1 is 1.09 bits per heavy atom. The van der Waals surface area contributed by atoms with Crippen molar-refractivity contribution < 1.29 is 4.79 Å². The number of nitrogens with one attached hydrogen (secondary N) is 2. The number of likely N-dealkylation sites (tertiary alicyclic amines) is 1. The lowest BCUT2D eigenvalue weighted by atomic mass is 10.1. The number of hydrogen-bond donors (Lipinski definition) is 3. The van der Waals surface area contributed by atoms with Gasteiger partial charge in [0, 0.05) is 35.8 Å². The smallest absolute Gasteiger partial charge is 0.225 e. The molecule has 0 saturated carbocycles. The van der Waals surface area contributed by atoms with E-state index in [1.165, 1.54) is 57.1 Å². The fraction of sp³-hybridized carbons (Fsp3) is 0.667. The molecule has 32 heavy (non-hydrogen) atoms. The minimum absolute atomic E-state index is 0. The Hall–Kier alpha value is -1.34. The van der Waals surface area contributed by atoms with Gasteiger partial charge in [-0.15, -0.1) is 24.8 Å². The highest BCUT2D eigenvalue weighted by atomic mass is 35.5. The molecule has 0 radical (unpaired) electrons. The first kappa shape index (κ1) is 28.7. The van der Waals surface area contributed by atoms with Crippen molar-refractivity contribution >= 4 is 47.4 Å². The van der Waals surface area contributed by atoms with Crippen LogP contribution in [0.2, 0.25) is 0 Å². The summed E-state index contributed by atoms with van der Waals surface area (Å²) < 4.78 is 0. The van der Waals surface area contributed by atoms with E-state index in [1.54, 1.807) is 0 Å². The average Bonchev–Trinajstić information content (AvgIpc) is 3.34. The van der Waals surface area contributed by atoms with Gasteiger partial charge in [0.2, 0.25) is 5.91 Å². The molecule has 3 rings (SSSR count). The molecular weight excluding hydrogens is 445 g/mol. The summed E-state index contributed by atoms with van der Waals surface area (Å²) in [5.74, 6) is 0.698. The fourth-order valence-corrected chi connectivity index (χ4v) is 4.47. The number of aromatic nitrogens is 2. The highest BCUT2D eigenvalue weighted by Gasteiger charge is 2.24. The Bertz CT molecular complexity index is 798. The summed E-state index contributed by atoms with van der Waals surface area (Å²) in [5, 5.41) is 4.06. The Kier molecular flexibility index (Phi) is 13.9. The number of aromatic amines is 1. The van der Waals surface area contributed by atoms with Gasteiger partial charge < -0.3 is 16.0 Å². The maximum absolute atomic E-state index is 12.3. The Morgan fingerprint density at radius 3 is 2.38 bits per heavy atom. The van der Waals surface area contributed by atoms with Crippen molar-refractivity contribution in [2.75, 3.05) is 25.5 Å². The van der Waals surface area contributed by atoms with Gasteiger partial charge in [-0.05, 0) is 51.9 Å². The molecular formula is C24H41Cl2N5O. The molecule has 1 aliphatic heterocycles. The average molecular weight is 487 g/mol. The Balaban J connectivity index is 0.00000256. The molecule has 1 amide bonds. The van der Waals surface area contributed by atoms with Crippen LogP contribution in [-0.2, 0) is 4.79 Å². The van der Waals surface area contributed by atoms with Crippen LogP contribution in [-0.4, -0.2) is 40.9 Å². The number of pyridine rings is 1. The molecule has 3 heterocycles. The van der Waals surface area contributed by atoms with E-state index in [-0.39, 0.29) is 30.7 Å². The standard InChI is InChI=1S/C24H39N5O.2ClH/c1-29-15-11-12-22(29)21-16-19-18-26-23(17-20(19)27-21)28-24(30)13-9-7-5-3-2-4-6-8-10-14-25;;/h16-18,22,27H,2-15,25H2,1H3,(H,26,28,30);2*1H/t22-;;/m0../s1. The maximum Gasteiger partial charge on any atom is 0.225 e. The number of carbonyl (C=O) groups excluding carboxylic acids is 1. The third-order valence-corrected chi connectivity index (χ3v) is 6.28. The lowest BCUT2D eigenvalue weighted by Crippen LogP contribution is -2.17. The predicted octanol–water partition coefficient (Wildman–Crippen LogP) is 5.97. The Morgan fingerprint density at radius 2 is 1.75 bits per heavy atom. The summed E-state index contributed by atoms with van der Waals surface area (Å²) in [5.41, 5.74) is 7.80. The maximum atomic E-state index is 12.3. The second kappa shape index (κ2) is 15.5. The zero-order valence-corrected chi connectivity index (χ0v) is 21.0. The van der Waals surface area contributed by atoms with E-state index in [1.807, 2.05) is 12.3 Å². The summed E-state index contributed by atoms with van der Waals surface area (Å²) in [6, 6.07) is 4.61. The molecule has 0 aliphatic carbocycles. The molecule has 8 heteroatoms. The predicted molar refractivity (Wildman–Crippen MR) is 139 cm³/mol. The van der Waals surface area contributed by atoms with E-state index >= 15 is 0 Å². The van der Waals surface area contributed by atoms with Gasteiger partial charge in [0.05, 0.1) is 5.52 Å². The van der Waals surface area contributed by atoms with Crippen molar-refractivity contribution in [3.63, 3.8) is 0 Å². The number of nitrogens with two attached hydrogens (primary N) is 1.